The summed E-state index contributed by atoms with van der Waals surface area (Å²) in [5.41, 5.74) is 0.858. The Labute approximate surface area is 202 Å². The second kappa shape index (κ2) is 9.83. The lowest BCUT2D eigenvalue weighted by Crippen LogP contribution is -2.60. The highest BCUT2D eigenvalue weighted by Gasteiger charge is 2.59. The maximum atomic E-state index is 13.1. The molecule has 33 heavy (non-hydrogen) atoms. The molecule has 3 aliphatic rings. The van der Waals surface area contributed by atoms with Crippen LogP contribution >= 0.6 is 0 Å². The number of nitrogens with zero attached hydrogens (tertiary/aromatic N) is 1. The van der Waals surface area contributed by atoms with E-state index in [1.807, 2.05) is 6.07 Å². The van der Waals surface area contributed by atoms with E-state index in [4.69, 9.17) is 9.16 Å². The molecule has 0 bridgehead atoms. The molecule has 0 unspecified atom stereocenters. The summed E-state index contributed by atoms with van der Waals surface area (Å²) in [6.45, 7) is 13.2. The van der Waals surface area contributed by atoms with E-state index in [9.17, 15) is 4.79 Å². The van der Waals surface area contributed by atoms with Crippen molar-refractivity contribution in [1.82, 2.24) is 4.90 Å². The molecule has 0 aromatic heterocycles. The van der Waals surface area contributed by atoms with Gasteiger partial charge in [0.2, 0.25) is 5.91 Å². The van der Waals surface area contributed by atoms with Crippen molar-refractivity contribution in [3.05, 3.63) is 35.9 Å². The first kappa shape index (κ1) is 24.9. The molecule has 2 heterocycles. The van der Waals surface area contributed by atoms with Gasteiger partial charge in [-0.2, -0.15) is 0 Å². The molecule has 1 amide bonds. The number of ether oxygens (including phenoxy) is 1. The number of piperidine rings is 1. The molecule has 4 rings (SSSR count). The molecular formula is C28H45NO3Si. The van der Waals surface area contributed by atoms with E-state index in [-0.39, 0.29) is 16.8 Å². The van der Waals surface area contributed by atoms with Gasteiger partial charge in [0.1, 0.15) is 5.72 Å². The molecule has 0 N–H and O–H groups in total. The van der Waals surface area contributed by atoms with E-state index in [0.717, 1.165) is 25.9 Å². The van der Waals surface area contributed by atoms with E-state index in [2.05, 4.69) is 63.0 Å². The smallest absolute Gasteiger partial charge is 0.225 e. The summed E-state index contributed by atoms with van der Waals surface area (Å²) < 4.78 is 13.0. The summed E-state index contributed by atoms with van der Waals surface area (Å²) in [4.78, 5) is 15.3. The highest BCUT2D eigenvalue weighted by Crippen LogP contribution is 2.55. The second-order valence-corrected chi connectivity index (χ2v) is 16.9. The van der Waals surface area contributed by atoms with Gasteiger partial charge >= 0.3 is 0 Å². The van der Waals surface area contributed by atoms with Gasteiger partial charge in [-0.05, 0) is 61.7 Å². The van der Waals surface area contributed by atoms with Crippen LogP contribution in [0.3, 0.4) is 0 Å². The monoisotopic (exact) mass is 471 g/mol. The Morgan fingerprint density at radius 2 is 1.88 bits per heavy atom. The quantitative estimate of drug-likeness (QED) is 0.300. The van der Waals surface area contributed by atoms with Crippen molar-refractivity contribution in [1.29, 1.82) is 0 Å². The topological polar surface area (TPSA) is 38.8 Å². The van der Waals surface area contributed by atoms with Gasteiger partial charge in [-0.3, -0.25) is 4.79 Å². The number of hydrogen-bond acceptors (Lipinski definition) is 3. The summed E-state index contributed by atoms with van der Waals surface area (Å²) in [5.74, 6) is 1.45. The average molecular weight is 472 g/mol. The van der Waals surface area contributed by atoms with Crippen molar-refractivity contribution >= 4 is 14.2 Å². The molecule has 4 atom stereocenters. The molecule has 1 saturated carbocycles. The fourth-order valence-corrected chi connectivity index (χ4v) is 7.31. The zero-order chi connectivity index (χ0) is 23.7. The van der Waals surface area contributed by atoms with Crippen LogP contribution in [0.2, 0.25) is 18.1 Å². The van der Waals surface area contributed by atoms with Crippen LogP contribution in [0.25, 0.3) is 0 Å². The van der Waals surface area contributed by atoms with Crippen molar-refractivity contribution < 1.29 is 14.0 Å². The second-order valence-electron chi connectivity index (χ2n) is 12.1. The minimum Gasteiger partial charge on any atom is -0.417 e. The molecule has 4 nitrogen and oxygen atoms in total. The molecule has 2 aliphatic heterocycles. The number of amides is 1. The van der Waals surface area contributed by atoms with Crippen LogP contribution < -0.4 is 0 Å². The molecule has 0 radical (unpaired) electrons. The van der Waals surface area contributed by atoms with Crippen LogP contribution in [0.1, 0.15) is 90.2 Å². The number of carbonyl (C=O) groups excluding carboxylic acids is 1. The predicted octanol–water partition coefficient (Wildman–Crippen LogP) is 7.08. The third-order valence-electron chi connectivity index (χ3n) is 9.08. The average Bonchev–Trinajstić information content (AvgIpc) is 3.16. The number of unbranched alkanes of at least 4 members (excludes halogenated alkanes) is 2. The highest BCUT2D eigenvalue weighted by molar-refractivity contribution is 6.74. The minimum atomic E-state index is -1.63. The van der Waals surface area contributed by atoms with Gasteiger partial charge in [-0.25, -0.2) is 0 Å². The maximum Gasteiger partial charge on any atom is 0.225 e. The largest absolute Gasteiger partial charge is 0.417 e. The lowest BCUT2D eigenvalue weighted by Gasteiger charge is -2.53. The van der Waals surface area contributed by atoms with Gasteiger partial charge in [0, 0.05) is 18.9 Å². The van der Waals surface area contributed by atoms with Crippen LogP contribution in [0.4, 0.5) is 0 Å². The Kier molecular flexibility index (Phi) is 7.43. The molecule has 1 aromatic rings. The third-order valence-corrected chi connectivity index (χ3v) is 13.6. The maximum absolute atomic E-state index is 13.1. The van der Waals surface area contributed by atoms with E-state index in [0.29, 0.717) is 30.8 Å². The fourth-order valence-electron chi connectivity index (χ4n) is 6.22. The first-order valence-electron chi connectivity index (χ1n) is 13.3. The normalized spacial score (nSPS) is 30.3. The number of hydrogen-bond donors (Lipinski definition) is 0. The van der Waals surface area contributed by atoms with Gasteiger partial charge in [0.05, 0.1) is 12.6 Å². The number of carbonyl (C=O) groups is 1. The lowest BCUT2D eigenvalue weighted by atomic mass is 9.67. The van der Waals surface area contributed by atoms with Crippen molar-refractivity contribution in [3.63, 3.8) is 0 Å². The van der Waals surface area contributed by atoms with Gasteiger partial charge in [0.15, 0.2) is 8.32 Å². The number of benzene rings is 1. The molecule has 1 aromatic carbocycles. The Hall–Kier alpha value is -1.17. The molecule has 1 spiro atoms. The zero-order valence-electron chi connectivity index (χ0n) is 21.6. The van der Waals surface area contributed by atoms with Crippen molar-refractivity contribution in [2.45, 2.75) is 108 Å². The summed E-state index contributed by atoms with van der Waals surface area (Å²) in [7, 11) is -1.63. The van der Waals surface area contributed by atoms with Gasteiger partial charge in [-0.15, -0.1) is 0 Å². The van der Waals surface area contributed by atoms with Crippen molar-refractivity contribution in [3.8, 4) is 0 Å². The standard InChI is InChI=1S/C28H45NO3Si/c1-27(2,3)33(4,5)32-20-11-7-10-13-22-16-12-19-28-24(22)17-18-26(30)29(28)25(21-31-28)23-14-8-6-9-15-23/h6,8-9,14-15,22,24-25H,7,10-13,16-21H2,1-5H3/t22-,24+,25+,28+/m1/s1. The van der Waals surface area contributed by atoms with Crippen LogP contribution in [-0.2, 0) is 14.0 Å². The molecule has 3 fully saturated rings. The van der Waals surface area contributed by atoms with Gasteiger partial charge in [0.25, 0.3) is 0 Å². The first-order valence-corrected chi connectivity index (χ1v) is 16.2. The van der Waals surface area contributed by atoms with Crippen LogP contribution in [-0.4, -0.2) is 38.1 Å². The lowest BCUT2D eigenvalue weighted by molar-refractivity contribution is -0.195. The molecule has 2 saturated heterocycles. The fraction of sp³-hybridized carbons (Fsp3) is 0.750. The third kappa shape index (κ3) is 4.97. The Morgan fingerprint density at radius 3 is 2.61 bits per heavy atom. The van der Waals surface area contributed by atoms with Crippen LogP contribution in [0.5, 0.6) is 0 Å². The van der Waals surface area contributed by atoms with Crippen LogP contribution in [0.15, 0.2) is 30.3 Å². The van der Waals surface area contributed by atoms with Crippen LogP contribution in [0, 0.1) is 11.8 Å². The summed E-state index contributed by atoms with van der Waals surface area (Å²) in [6, 6.07) is 10.6. The zero-order valence-corrected chi connectivity index (χ0v) is 22.6. The Balaban J connectivity index is 1.33. The number of rotatable bonds is 8. The molecule has 184 valence electrons. The minimum absolute atomic E-state index is 0.0766. The van der Waals surface area contributed by atoms with E-state index >= 15 is 0 Å². The molecule has 1 aliphatic carbocycles. The SMILES string of the molecule is CC(C)(C)[Si](C)(C)OCCCCC[C@@H]1CCC[C@@]23OC[C@@H](c4ccccc4)N2C(=O)CC[C@@H]13. The van der Waals surface area contributed by atoms with E-state index < -0.39 is 8.32 Å². The summed E-state index contributed by atoms with van der Waals surface area (Å²) >= 11 is 0. The van der Waals surface area contributed by atoms with E-state index in [1.54, 1.807) is 0 Å². The van der Waals surface area contributed by atoms with E-state index in [1.165, 1.54) is 37.7 Å². The van der Waals surface area contributed by atoms with Crippen molar-refractivity contribution in [2.24, 2.45) is 11.8 Å². The highest BCUT2D eigenvalue weighted by atomic mass is 28.4. The molecule has 5 heteroatoms. The Morgan fingerprint density at radius 1 is 1.12 bits per heavy atom. The van der Waals surface area contributed by atoms with Gasteiger partial charge in [-0.1, -0.05) is 70.4 Å². The van der Waals surface area contributed by atoms with Crippen molar-refractivity contribution in [2.75, 3.05) is 13.2 Å². The predicted molar refractivity (Wildman–Crippen MR) is 136 cm³/mol. The first-order chi connectivity index (χ1) is 15.7. The summed E-state index contributed by atoms with van der Waals surface area (Å²) in [6.07, 6.45) is 10.0. The Bertz CT molecular complexity index is 805. The summed E-state index contributed by atoms with van der Waals surface area (Å²) in [5, 5.41) is 0.284. The molecular weight excluding hydrogens is 426 g/mol. The van der Waals surface area contributed by atoms with Gasteiger partial charge < -0.3 is 14.1 Å².